The Balaban J connectivity index is 2.90. The van der Waals surface area contributed by atoms with Crippen molar-refractivity contribution in [1.82, 2.24) is 0 Å². The van der Waals surface area contributed by atoms with Gasteiger partial charge in [-0.3, -0.25) is 4.79 Å². The average Bonchev–Trinajstić information content (AvgIpc) is 2.26. The Kier molecular flexibility index (Phi) is 4.71. The van der Waals surface area contributed by atoms with Gasteiger partial charge in [-0.05, 0) is 24.2 Å². The molecule has 0 aliphatic carbocycles. The van der Waals surface area contributed by atoms with Gasteiger partial charge in [0.1, 0.15) is 5.82 Å². The molecule has 1 unspecified atom stereocenters. The summed E-state index contributed by atoms with van der Waals surface area (Å²) >= 11 is 5.63. The lowest BCUT2D eigenvalue weighted by molar-refractivity contribution is -0.141. The van der Waals surface area contributed by atoms with Crippen LogP contribution in [0.1, 0.15) is 17.9 Å². The highest BCUT2D eigenvalue weighted by Gasteiger charge is 2.18. The van der Waals surface area contributed by atoms with Gasteiger partial charge in [-0.1, -0.05) is 17.7 Å². The number of esters is 1. The molecule has 0 bridgehead atoms. The summed E-state index contributed by atoms with van der Waals surface area (Å²) in [7, 11) is 1.29. The summed E-state index contributed by atoms with van der Waals surface area (Å²) in [5.41, 5.74) is 5.89. The molecule has 0 saturated heterocycles. The van der Waals surface area contributed by atoms with E-state index in [-0.39, 0.29) is 18.9 Å². The van der Waals surface area contributed by atoms with E-state index in [4.69, 9.17) is 17.3 Å². The van der Waals surface area contributed by atoms with Crippen LogP contribution in [-0.2, 0) is 9.53 Å². The van der Waals surface area contributed by atoms with Crippen molar-refractivity contribution in [2.45, 2.75) is 12.3 Å². The first kappa shape index (κ1) is 12.9. The second-order valence-electron chi connectivity index (χ2n) is 3.38. The van der Waals surface area contributed by atoms with E-state index in [9.17, 15) is 9.18 Å². The molecule has 0 heterocycles. The van der Waals surface area contributed by atoms with Gasteiger partial charge in [0.25, 0.3) is 0 Å². The van der Waals surface area contributed by atoms with Crippen LogP contribution in [0.2, 0.25) is 5.02 Å². The molecule has 0 spiro atoms. The second-order valence-corrected chi connectivity index (χ2v) is 3.82. The SMILES string of the molecule is COC(=O)CC(CN)c1ccc(Cl)cc1F. The number of halogens is 2. The Morgan fingerprint density at radius 3 is 2.81 bits per heavy atom. The Morgan fingerprint density at radius 2 is 2.31 bits per heavy atom. The van der Waals surface area contributed by atoms with Gasteiger partial charge >= 0.3 is 5.97 Å². The molecule has 88 valence electrons. The molecule has 0 aromatic heterocycles. The second kappa shape index (κ2) is 5.82. The molecule has 1 aromatic carbocycles. The van der Waals surface area contributed by atoms with Crippen LogP contribution in [-0.4, -0.2) is 19.6 Å². The van der Waals surface area contributed by atoms with Crippen molar-refractivity contribution in [3.63, 3.8) is 0 Å². The van der Waals surface area contributed by atoms with Crippen molar-refractivity contribution in [1.29, 1.82) is 0 Å². The number of benzene rings is 1. The van der Waals surface area contributed by atoms with Crippen LogP contribution in [0.5, 0.6) is 0 Å². The van der Waals surface area contributed by atoms with E-state index in [0.717, 1.165) is 0 Å². The third kappa shape index (κ3) is 3.18. The zero-order valence-corrected chi connectivity index (χ0v) is 9.63. The number of ether oxygens (including phenoxy) is 1. The molecule has 0 aliphatic heterocycles. The van der Waals surface area contributed by atoms with E-state index in [1.165, 1.54) is 19.2 Å². The fourth-order valence-corrected chi connectivity index (χ4v) is 1.60. The standard InChI is InChI=1S/C11H13ClFNO2/c1-16-11(15)4-7(6-14)9-3-2-8(12)5-10(9)13/h2-3,5,7H,4,6,14H2,1H3. The number of carbonyl (C=O) groups excluding carboxylic acids is 1. The van der Waals surface area contributed by atoms with Crippen LogP contribution < -0.4 is 5.73 Å². The van der Waals surface area contributed by atoms with Gasteiger partial charge in [-0.2, -0.15) is 0 Å². The number of methoxy groups -OCH3 is 1. The minimum atomic E-state index is -0.452. The smallest absolute Gasteiger partial charge is 0.306 e. The topological polar surface area (TPSA) is 52.3 Å². The molecule has 2 N–H and O–H groups in total. The zero-order chi connectivity index (χ0) is 12.1. The molecule has 0 radical (unpaired) electrons. The molecule has 1 rings (SSSR count). The first-order chi connectivity index (χ1) is 7.58. The summed E-state index contributed by atoms with van der Waals surface area (Å²) in [5, 5.41) is 0.315. The summed E-state index contributed by atoms with van der Waals surface area (Å²) < 4.78 is 18.1. The predicted octanol–water partition coefficient (Wildman–Crippen LogP) is 2.08. The lowest BCUT2D eigenvalue weighted by Crippen LogP contribution is -2.18. The first-order valence-corrected chi connectivity index (χ1v) is 5.18. The van der Waals surface area contributed by atoms with Crippen LogP contribution in [0, 0.1) is 5.82 Å². The fraction of sp³-hybridized carbons (Fsp3) is 0.364. The van der Waals surface area contributed by atoms with Gasteiger partial charge in [0.05, 0.1) is 13.5 Å². The van der Waals surface area contributed by atoms with Gasteiger partial charge in [-0.25, -0.2) is 4.39 Å². The number of carbonyl (C=O) groups is 1. The van der Waals surface area contributed by atoms with Gasteiger partial charge in [0.15, 0.2) is 0 Å². The molecule has 0 saturated carbocycles. The van der Waals surface area contributed by atoms with E-state index >= 15 is 0 Å². The minimum absolute atomic E-state index is 0.0611. The van der Waals surface area contributed by atoms with Gasteiger partial charge in [-0.15, -0.1) is 0 Å². The zero-order valence-electron chi connectivity index (χ0n) is 8.87. The lowest BCUT2D eigenvalue weighted by Gasteiger charge is -2.14. The normalized spacial score (nSPS) is 12.2. The van der Waals surface area contributed by atoms with Gasteiger partial charge in [0, 0.05) is 10.9 Å². The van der Waals surface area contributed by atoms with E-state index in [1.807, 2.05) is 0 Å². The molecule has 3 nitrogen and oxygen atoms in total. The summed E-state index contributed by atoms with van der Waals surface area (Å²) in [6.45, 7) is 0.174. The highest BCUT2D eigenvalue weighted by molar-refractivity contribution is 6.30. The van der Waals surface area contributed by atoms with E-state index in [0.29, 0.717) is 10.6 Å². The van der Waals surface area contributed by atoms with Crippen LogP contribution in [0.25, 0.3) is 0 Å². The maximum Gasteiger partial charge on any atom is 0.306 e. The number of nitrogens with two attached hydrogens (primary N) is 1. The molecular weight excluding hydrogens is 233 g/mol. The maximum absolute atomic E-state index is 13.5. The Morgan fingerprint density at radius 1 is 1.62 bits per heavy atom. The first-order valence-electron chi connectivity index (χ1n) is 4.80. The largest absolute Gasteiger partial charge is 0.469 e. The third-order valence-electron chi connectivity index (χ3n) is 2.33. The number of hydrogen-bond acceptors (Lipinski definition) is 3. The third-order valence-corrected chi connectivity index (χ3v) is 2.56. The summed E-state index contributed by atoms with van der Waals surface area (Å²) in [5.74, 6) is -1.25. The predicted molar refractivity (Wildman–Crippen MR) is 59.8 cm³/mol. The van der Waals surface area contributed by atoms with E-state index < -0.39 is 11.8 Å². The van der Waals surface area contributed by atoms with Crippen LogP contribution >= 0.6 is 11.6 Å². The highest BCUT2D eigenvalue weighted by Crippen LogP contribution is 2.24. The van der Waals surface area contributed by atoms with Gasteiger partial charge in [0.2, 0.25) is 0 Å². The summed E-state index contributed by atoms with van der Waals surface area (Å²) in [6.07, 6.45) is 0.0611. The number of hydrogen-bond donors (Lipinski definition) is 1. The summed E-state index contributed by atoms with van der Waals surface area (Å²) in [6, 6.07) is 4.31. The molecule has 1 atom stereocenters. The van der Waals surface area contributed by atoms with E-state index in [2.05, 4.69) is 4.74 Å². The minimum Gasteiger partial charge on any atom is -0.469 e. The van der Waals surface area contributed by atoms with Crippen LogP contribution in [0.15, 0.2) is 18.2 Å². The van der Waals surface area contributed by atoms with Crippen LogP contribution in [0.4, 0.5) is 4.39 Å². The van der Waals surface area contributed by atoms with Crippen molar-refractivity contribution in [3.8, 4) is 0 Å². The monoisotopic (exact) mass is 245 g/mol. The van der Waals surface area contributed by atoms with Gasteiger partial charge < -0.3 is 10.5 Å². The molecule has 0 amide bonds. The molecule has 16 heavy (non-hydrogen) atoms. The van der Waals surface area contributed by atoms with Crippen molar-refractivity contribution in [2.24, 2.45) is 5.73 Å². The Labute approximate surface area is 98.3 Å². The van der Waals surface area contributed by atoms with Crippen molar-refractivity contribution >= 4 is 17.6 Å². The fourth-order valence-electron chi connectivity index (χ4n) is 1.44. The molecular formula is C11H13ClFNO2. The molecule has 5 heteroatoms. The molecule has 0 aliphatic rings. The molecule has 0 fully saturated rings. The van der Waals surface area contributed by atoms with Crippen LogP contribution in [0.3, 0.4) is 0 Å². The quantitative estimate of drug-likeness (QED) is 0.827. The van der Waals surface area contributed by atoms with Crippen molar-refractivity contribution in [2.75, 3.05) is 13.7 Å². The molecule has 1 aromatic rings. The maximum atomic E-state index is 13.5. The van der Waals surface area contributed by atoms with E-state index in [1.54, 1.807) is 6.07 Å². The highest BCUT2D eigenvalue weighted by atomic mass is 35.5. The summed E-state index contributed by atoms with van der Waals surface area (Å²) in [4.78, 5) is 11.1. The lowest BCUT2D eigenvalue weighted by atomic mass is 9.95. The van der Waals surface area contributed by atoms with Crippen molar-refractivity contribution < 1.29 is 13.9 Å². The Bertz CT molecular complexity index is 384. The number of rotatable bonds is 4. The Hall–Kier alpha value is -1.13. The van der Waals surface area contributed by atoms with Crippen molar-refractivity contribution in [3.05, 3.63) is 34.6 Å². The average molecular weight is 246 g/mol.